The fourth-order valence-corrected chi connectivity index (χ4v) is 1.38. The zero-order valence-corrected chi connectivity index (χ0v) is 8.90. The van der Waals surface area contributed by atoms with Crippen molar-refractivity contribution < 1.29 is 4.79 Å². The lowest BCUT2D eigenvalue weighted by molar-refractivity contribution is 0.0991. The van der Waals surface area contributed by atoms with Crippen LogP contribution in [-0.4, -0.2) is 21.0 Å². The van der Waals surface area contributed by atoms with Crippen molar-refractivity contribution in [1.29, 1.82) is 0 Å². The molecule has 1 aromatic carbocycles. The highest BCUT2D eigenvalue weighted by Gasteiger charge is 2.09. The van der Waals surface area contributed by atoms with E-state index in [1.165, 1.54) is 0 Å². The van der Waals surface area contributed by atoms with E-state index >= 15 is 0 Å². The number of aryl methyl sites for hydroxylation is 1. The number of nitrogens with zero attached hydrogens (tertiary/aromatic N) is 2. The smallest absolute Gasteiger partial charge is 0.239 e. The van der Waals surface area contributed by atoms with Gasteiger partial charge in [-0.3, -0.25) is 9.89 Å². The van der Waals surface area contributed by atoms with Crippen molar-refractivity contribution in [2.75, 3.05) is 5.73 Å². The summed E-state index contributed by atoms with van der Waals surface area (Å²) in [4.78, 5) is 15.7. The molecule has 0 radical (unpaired) electrons. The van der Waals surface area contributed by atoms with Gasteiger partial charge in [0.2, 0.25) is 5.95 Å². The Kier molecular flexibility index (Phi) is 2.68. The largest absolute Gasteiger partial charge is 0.367 e. The van der Waals surface area contributed by atoms with Crippen molar-refractivity contribution in [1.82, 2.24) is 15.2 Å². The number of Topliss-reactive ketones (excluding diaryl/α,β-unsaturated/α-hetero) is 1. The number of nitrogens with one attached hydrogen (secondary N) is 1. The molecule has 0 spiro atoms. The van der Waals surface area contributed by atoms with Crippen LogP contribution in [0.3, 0.4) is 0 Å². The number of carbonyl (C=O) groups excluding carboxylic acids is 1. The molecular formula is C11H12N4O. The molecule has 0 amide bonds. The Morgan fingerprint density at radius 2 is 2.06 bits per heavy atom. The van der Waals surface area contributed by atoms with Crippen molar-refractivity contribution in [3.05, 3.63) is 41.2 Å². The number of hydrogen-bond donors (Lipinski definition) is 2. The summed E-state index contributed by atoms with van der Waals surface area (Å²) in [7, 11) is 0. The highest BCUT2D eigenvalue weighted by molar-refractivity contribution is 5.97. The third kappa shape index (κ3) is 2.25. The summed E-state index contributed by atoms with van der Waals surface area (Å²) in [5.74, 6) is 0.644. The maximum Gasteiger partial charge on any atom is 0.239 e. The van der Waals surface area contributed by atoms with Crippen LogP contribution in [0.4, 0.5) is 5.95 Å². The van der Waals surface area contributed by atoms with Gasteiger partial charge in [0, 0.05) is 5.56 Å². The molecule has 2 aromatic rings. The third-order valence-electron chi connectivity index (χ3n) is 2.25. The van der Waals surface area contributed by atoms with Crippen molar-refractivity contribution in [3.8, 4) is 0 Å². The van der Waals surface area contributed by atoms with Gasteiger partial charge in [-0.25, -0.2) is 0 Å². The molecule has 0 unspecified atom stereocenters. The van der Waals surface area contributed by atoms with E-state index in [-0.39, 0.29) is 18.2 Å². The van der Waals surface area contributed by atoms with Crippen LogP contribution in [0.2, 0.25) is 0 Å². The molecule has 0 saturated heterocycles. The van der Waals surface area contributed by atoms with Crippen LogP contribution in [0.15, 0.2) is 24.3 Å². The van der Waals surface area contributed by atoms with Gasteiger partial charge < -0.3 is 5.73 Å². The van der Waals surface area contributed by atoms with Gasteiger partial charge in [-0.05, 0) is 6.92 Å². The number of H-pyrrole nitrogens is 1. The third-order valence-corrected chi connectivity index (χ3v) is 2.25. The van der Waals surface area contributed by atoms with Crippen molar-refractivity contribution in [2.24, 2.45) is 0 Å². The number of hydrogen-bond acceptors (Lipinski definition) is 4. The van der Waals surface area contributed by atoms with Crippen molar-refractivity contribution >= 4 is 11.7 Å². The van der Waals surface area contributed by atoms with Crippen LogP contribution in [0, 0.1) is 6.92 Å². The average Bonchev–Trinajstić information content (AvgIpc) is 2.65. The molecule has 0 saturated carbocycles. The summed E-state index contributed by atoms with van der Waals surface area (Å²) in [6.45, 7) is 1.98. The van der Waals surface area contributed by atoms with Gasteiger partial charge in [0.15, 0.2) is 5.78 Å². The predicted molar refractivity (Wildman–Crippen MR) is 60.0 cm³/mol. The second-order valence-electron chi connectivity index (χ2n) is 3.61. The van der Waals surface area contributed by atoms with Gasteiger partial charge in [-0.15, -0.1) is 5.10 Å². The number of aromatic nitrogens is 3. The fourth-order valence-electron chi connectivity index (χ4n) is 1.38. The minimum atomic E-state index is -0.00356. The standard InChI is InChI=1S/C11H12N4O/c1-7-2-4-8(5-3-7)9(16)6-10-13-11(12)15-14-10/h2-5H,6H2,1H3,(H3,12,13,14,15). The lowest BCUT2D eigenvalue weighted by Gasteiger charge is -1.98. The second kappa shape index (κ2) is 4.14. The van der Waals surface area contributed by atoms with Crippen LogP contribution in [0.1, 0.15) is 21.7 Å². The predicted octanol–water partition coefficient (Wildman–Crippen LogP) is 1.12. The Bertz CT molecular complexity index is 501. The van der Waals surface area contributed by atoms with E-state index in [9.17, 15) is 4.79 Å². The first kappa shape index (κ1) is 10.4. The number of nitrogen functional groups attached to an aromatic ring is 1. The second-order valence-corrected chi connectivity index (χ2v) is 3.61. The van der Waals surface area contributed by atoms with E-state index < -0.39 is 0 Å². The zero-order chi connectivity index (χ0) is 11.5. The van der Waals surface area contributed by atoms with E-state index in [2.05, 4.69) is 15.2 Å². The van der Waals surface area contributed by atoms with E-state index in [0.29, 0.717) is 11.4 Å². The Balaban J connectivity index is 2.11. The number of carbonyl (C=O) groups is 1. The maximum absolute atomic E-state index is 11.8. The molecule has 0 aliphatic heterocycles. The first-order valence-electron chi connectivity index (χ1n) is 4.92. The first-order valence-corrected chi connectivity index (χ1v) is 4.92. The Morgan fingerprint density at radius 3 is 2.62 bits per heavy atom. The molecule has 0 aliphatic rings. The number of aromatic amines is 1. The van der Waals surface area contributed by atoms with Gasteiger partial charge in [-0.1, -0.05) is 29.8 Å². The summed E-state index contributed by atoms with van der Waals surface area (Å²) < 4.78 is 0. The summed E-state index contributed by atoms with van der Waals surface area (Å²) in [6.07, 6.45) is 0.188. The molecule has 1 heterocycles. The minimum Gasteiger partial charge on any atom is -0.367 e. The summed E-state index contributed by atoms with van der Waals surface area (Å²) in [5.41, 5.74) is 7.14. The van der Waals surface area contributed by atoms with Crippen molar-refractivity contribution in [2.45, 2.75) is 13.3 Å². The molecule has 5 heteroatoms. The van der Waals surface area contributed by atoms with E-state index in [1.54, 1.807) is 12.1 Å². The molecule has 2 rings (SSSR count). The quantitative estimate of drug-likeness (QED) is 0.753. The molecule has 0 bridgehead atoms. The monoisotopic (exact) mass is 216 g/mol. The minimum absolute atomic E-state index is 0.00356. The average molecular weight is 216 g/mol. The van der Waals surface area contributed by atoms with Crippen molar-refractivity contribution in [3.63, 3.8) is 0 Å². The van der Waals surface area contributed by atoms with Gasteiger partial charge in [0.05, 0.1) is 6.42 Å². The van der Waals surface area contributed by atoms with Gasteiger partial charge in [0.1, 0.15) is 5.82 Å². The molecule has 0 aliphatic carbocycles. The molecular weight excluding hydrogens is 204 g/mol. The SMILES string of the molecule is Cc1ccc(C(=O)Cc2nc(N)n[nH]2)cc1. The van der Waals surface area contributed by atoms with Crippen LogP contribution in [0.5, 0.6) is 0 Å². The Labute approximate surface area is 92.7 Å². The van der Waals surface area contributed by atoms with Crippen LogP contribution in [-0.2, 0) is 6.42 Å². The number of rotatable bonds is 3. The zero-order valence-electron chi connectivity index (χ0n) is 8.90. The molecule has 0 fully saturated rings. The summed E-state index contributed by atoms with van der Waals surface area (Å²) >= 11 is 0. The van der Waals surface area contributed by atoms with Crippen LogP contribution in [0.25, 0.3) is 0 Å². The summed E-state index contributed by atoms with van der Waals surface area (Å²) in [5, 5.41) is 6.28. The molecule has 82 valence electrons. The Morgan fingerprint density at radius 1 is 1.38 bits per heavy atom. The highest BCUT2D eigenvalue weighted by Crippen LogP contribution is 2.07. The molecule has 16 heavy (non-hydrogen) atoms. The van der Waals surface area contributed by atoms with Gasteiger partial charge >= 0.3 is 0 Å². The van der Waals surface area contributed by atoms with E-state index in [0.717, 1.165) is 5.56 Å². The van der Waals surface area contributed by atoms with Gasteiger partial charge in [0.25, 0.3) is 0 Å². The lowest BCUT2D eigenvalue weighted by atomic mass is 10.1. The topological polar surface area (TPSA) is 84.7 Å². The number of benzene rings is 1. The molecule has 0 atom stereocenters. The first-order chi connectivity index (χ1) is 7.65. The molecule has 5 nitrogen and oxygen atoms in total. The Hall–Kier alpha value is -2.17. The van der Waals surface area contributed by atoms with Gasteiger partial charge in [-0.2, -0.15) is 4.98 Å². The van der Waals surface area contributed by atoms with Crippen LogP contribution < -0.4 is 5.73 Å². The summed E-state index contributed by atoms with van der Waals surface area (Å²) in [6, 6.07) is 7.42. The number of ketones is 1. The molecule has 3 N–H and O–H groups in total. The number of nitrogens with two attached hydrogens (primary N) is 1. The maximum atomic E-state index is 11.8. The normalized spacial score (nSPS) is 10.3. The fraction of sp³-hybridized carbons (Fsp3) is 0.182. The van der Waals surface area contributed by atoms with E-state index in [1.807, 2.05) is 19.1 Å². The number of anilines is 1. The molecule has 1 aromatic heterocycles. The highest BCUT2D eigenvalue weighted by atomic mass is 16.1. The van der Waals surface area contributed by atoms with Crippen LogP contribution >= 0.6 is 0 Å². The lowest BCUT2D eigenvalue weighted by Crippen LogP contribution is -2.05. The van der Waals surface area contributed by atoms with E-state index in [4.69, 9.17) is 5.73 Å².